The average Bonchev–Trinajstić information content (AvgIpc) is 2.90. The molecule has 0 aliphatic carbocycles. The van der Waals surface area contributed by atoms with Gasteiger partial charge in [-0.25, -0.2) is 0 Å². The fourth-order valence-corrected chi connectivity index (χ4v) is 3.13. The summed E-state index contributed by atoms with van der Waals surface area (Å²) in [6.07, 6.45) is 1.81. The first-order valence-corrected chi connectivity index (χ1v) is 7.89. The van der Waals surface area contributed by atoms with E-state index in [1.54, 1.807) is 11.6 Å². The van der Waals surface area contributed by atoms with E-state index in [1.165, 1.54) is 0 Å². The number of benzene rings is 2. The van der Waals surface area contributed by atoms with E-state index in [0.29, 0.717) is 6.61 Å². The summed E-state index contributed by atoms with van der Waals surface area (Å²) in [7, 11) is 3.70. The first-order valence-electron chi connectivity index (χ1n) is 7.89. The fraction of sp³-hybridized carbons (Fsp3) is 0.150. The van der Waals surface area contributed by atoms with Gasteiger partial charge in [0.2, 0.25) is 0 Å². The van der Waals surface area contributed by atoms with Crippen molar-refractivity contribution in [1.82, 2.24) is 9.13 Å². The van der Waals surface area contributed by atoms with E-state index >= 15 is 0 Å². The summed E-state index contributed by atoms with van der Waals surface area (Å²) in [6.45, 7) is 0.527. The molecule has 2 aromatic heterocycles. The third kappa shape index (κ3) is 2.27. The SMILES string of the molecule is Cn1ccc2c3cc(OCc4ccccc4)ccc3n(C)c2c1=O. The van der Waals surface area contributed by atoms with Gasteiger partial charge in [0.05, 0.1) is 0 Å². The molecule has 4 nitrogen and oxygen atoms in total. The van der Waals surface area contributed by atoms with Crippen molar-refractivity contribution in [3.05, 3.63) is 76.7 Å². The van der Waals surface area contributed by atoms with Crippen LogP contribution in [0.5, 0.6) is 5.75 Å². The van der Waals surface area contributed by atoms with E-state index < -0.39 is 0 Å². The highest BCUT2D eigenvalue weighted by Crippen LogP contribution is 2.29. The number of nitrogens with zero attached hydrogens (tertiary/aromatic N) is 2. The van der Waals surface area contributed by atoms with Gasteiger partial charge in [-0.2, -0.15) is 0 Å². The summed E-state index contributed by atoms with van der Waals surface area (Å²) >= 11 is 0. The predicted octanol–water partition coefficient (Wildman–Crippen LogP) is 3.61. The minimum absolute atomic E-state index is 0.0120. The molecule has 0 aliphatic rings. The Kier molecular flexibility index (Phi) is 3.38. The molecule has 0 radical (unpaired) electrons. The van der Waals surface area contributed by atoms with Crippen LogP contribution in [0.2, 0.25) is 0 Å². The topological polar surface area (TPSA) is 36.2 Å². The molecule has 0 fully saturated rings. The van der Waals surface area contributed by atoms with Crippen molar-refractivity contribution in [2.24, 2.45) is 14.1 Å². The molecule has 4 rings (SSSR count). The normalized spacial score (nSPS) is 11.2. The second-order valence-corrected chi connectivity index (χ2v) is 6.01. The maximum atomic E-state index is 12.4. The Morgan fingerprint density at radius 2 is 1.75 bits per heavy atom. The number of ether oxygens (including phenoxy) is 1. The first-order chi connectivity index (χ1) is 11.6. The second-order valence-electron chi connectivity index (χ2n) is 6.01. The summed E-state index contributed by atoms with van der Waals surface area (Å²) in [6, 6.07) is 18.0. The molecule has 0 spiro atoms. The van der Waals surface area contributed by atoms with Crippen molar-refractivity contribution in [2.45, 2.75) is 6.61 Å². The number of fused-ring (bicyclic) bond motifs is 3. The third-order valence-corrected chi connectivity index (χ3v) is 4.45. The Hall–Kier alpha value is -3.01. The number of hydrogen-bond acceptors (Lipinski definition) is 2. The molecule has 120 valence electrons. The molecule has 0 N–H and O–H groups in total. The molecule has 2 aromatic carbocycles. The highest BCUT2D eigenvalue weighted by molar-refractivity contribution is 6.08. The van der Waals surface area contributed by atoms with Crippen LogP contribution in [-0.2, 0) is 20.7 Å². The summed E-state index contributed by atoms with van der Waals surface area (Å²) < 4.78 is 9.48. The molecule has 0 saturated heterocycles. The van der Waals surface area contributed by atoms with Gasteiger partial charge in [0, 0.05) is 36.6 Å². The molecular weight excluding hydrogens is 300 g/mol. The summed E-state index contributed by atoms with van der Waals surface area (Å²) in [4.78, 5) is 12.4. The molecule has 0 atom stereocenters. The molecule has 24 heavy (non-hydrogen) atoms. The third-order valence-electron chi connectivity index (χ3n) is 4.45. The Morgan fingerprint density at radius 3 is 2.54 bits per heavy atom. The lowest BCUT2D eigenvalue weighted by Crippen LogP contribution is -2.17. The molecule has 4 heteroatoms. The van der Waals surface area contributed by atoms with Crippen LogP contribution >= 0.6 is 0 Å². The van der Waals surface area contributed by atoms with Gasteiger partial charge in [0.1, 0.15) is 17.9 Å². The van der Waals surface area contributed by atoms with E-state index in [1.807, 2.05) is 72.4 Å². The summed E-state index contributed by atoms with van der Waals surface area (Å²) in [5.74, 6) is 0.805. The van der Waals surface area contributed by atoms with Crippen molar-refractivity contribution in [3.8, 4) is 5.75 Å². The van der Waals surface area contributed by atoms with Crippen molar-refractivity contribution < 1.29 is 4.74 Å². The lowest BCUT2D eigenvalue weighted by molar-refractivity contribution is 0.306. The van der Waals surface area contributed by atoms with Gasteiger partial charge in [-0.1, -0.05) is 30.3 Å². The van der Waals surface area contributed by atoms with E-state index in [2.05, 4.69) is 0 Å². The standard InChI is InChI=1S/C20H18N2O2/c1-21-11-10-16-17-12-15(24-13-14-6-4-3-5-7-14)8-9-18(17)22(2)19(16)20(21)23/h3-12H,13H2,1-2H3. The fourth-order valence-electron chi connectivity index (χ4n) is 3.13. The van der Waals surface area contributed by atoms with Gasteiger partial charge in [-0.3, -0.25) is 4.79 Å². The van der Waals surface area contributed by atoms with E-state index in [4.69, 9.17) is 4.74 Å². The zero-order valence-electron chi connectivity index (χ0n) is 13.7. The largest absolute Gasteiger partial charge is 0.489 e. The molecule has 0 aliphatic heterocycles. The van der Waals surface area contributed by atoms with Crippen molar-refractivity contribution in [1.29, 1.82) is 0 Å². The maximum Gasteiger partial charge on any atom is 0.274 e. The van der Waals surface area contributed by atoms with E-state index in [0.717, 1.165) is 33.1 Å². The zero-order chi connectivity index (χ0) is 16.7. The van der Waals surface area contributed by atoms with Crippen LogP contribution in [0.3, 0.4) is 0 Å². The Labute approximate surface area is 139 Å². The molecule has 2 heterocycles. The van der Waals surface area contributed by atoms with Gasteiger partial charge >= 0.3 is 0 Å². The smallest absolute Gasteiger partial charge is 0.274 e. The maximum absolute atomic E-state index is 12.4. The molecule has 4 aromatic rings. The monoisotopic (exact) mass is 318 g/mol. The zero-order valence-corrected chi connectivity index (χ0v) is 13.7. The summed E-state index contributed by atoms with van der Waals surface area (Å²) in [5, 5.41) is 2.00. The van der Waals surface area contributed by atoms with Gasteiger partial charge < -0.3 is 13.9 Å². The molecule has 0 amide bonds. The molecular formula is C20H18N2O2. The highest BCUT2D eigenvalue weighted by Gasteiger charge is 2.12. The molecule has 0 unspecified atom stereocenters. The number of aromatic nitrogens is 2. The second kappa shape index (κ2) is 5.57. The minimum Gasteiger partial charge on any atom is -0.489 e. The average molecular weight is 318 g/mol. The highest BCUT2D eigenvalue weighted by atomic mass is 16.5. The van der Waals surface area contributed by atoms with Crippen LogP contribution in [0.15, 0.2) is 65.6 Å². The number of hydrogen-bond donors (Lipinski definition) is 0. The van der Waals surface area contributed by atoms with Gasteiger partial charge in [-0.05, 0) is 29.8 Å². The predicted molar refractivity (Wildman–Crippen MR) is 96.4 cm³/mol. The van der Waals surface area contributed by atoms with Crippen molar-refractivity contribution >= 4 is 21.8 Å². The number of aryl methyl sites for hydroxylation is 2. The Morgan fingerprint density at radius 1 is 0.958 bits per heavy atom. The number of rotatable bonds is 3. The van der Waals surface area contributed by atoms with E-state index in [-0.39, 0.29) is 5.56 Å². The van der Waals surface area contributed by atoms with Gasteiger partial charge in [0.15, 0.2) is 0 Å². The van der Waals surface area contributed by atoms with Gasteiger partial charge in [0.25, 0.3) is 5.56 Å². The first kappa shape index (κ1) is 14.6. The number of pyridine rings is 1. The Balaban J connectivity index is 1.79. The van der Waals surface area contributed by atoms with Crippen LogP contribution in [0.25, 0.3) is 21.8 Å². The Bertz CT molecular complexity index is 1090. The lowest BCUT2D eigenvalue weighted by atomic mass is 10.2. The summed E-state index contributed by atoms with van der Waals surface area (Å²) in [5.41, 5.74) is 2.89. The van der Waals surface area contributed by atoms with Crippen LogP contribution in [0.1, 0.15) is 5.56 Å². The lowest BCUT2D eigenvalue weighted by Gasteiger charge is -2.06. The van der Waals surface area contributed by atoms with Gasteiger partial charge in [-0.15, -0.1) is 0 Å². The van der Waals surface area contributed by atoms with E-state index in [9.17, 15) is 4.79 Å². The molecule has 0 saturated carbocycles. The van der Waals surface area contributed by atoms with Crippen LogP contribution in [-0.4, -0.2) is 9.13 Å². The van der Waals surface area contributed by atoms with Crippen molar-refractivity contribution in [3.63, 3.8) is 0 Å². The van der Waals surface area contributed by atoms with Crippen molar-refractivity contribution in [2.75, 3.05) is 0 Å². The minimum atomic E-state index is 0.0120. The van der Waals surface area contributed by atoms with Crippen LogP contribution < -0.4 is 10.3 Å². The van der Waals surface area contributed by atoms with Crippen LogP contribution in [0.4, 0.5) is 0 Å². The quantitative estimate of drug-likeness (QED) is 0.578. The molecule has 0 bridgehead atoms. The van der Waals surface area contributed by atoms with Crippen LogP contribution in [0, 0.1) is 0 Å².